The molecule has 0 aliphatic carbocycles. The van der Waals surface area contributed by atoms with Crippen molar-refractivity contribution in [3.63, 3.8) is 0 Å². The van der Waals surface area contributed by atoms with E-state index in [1.807, 2.05) is 13.0 Å². The van der Waals surface area contributed by atoms with Gasteiger partial charge in [-0.15, -0.1) is 0 Å². The molecule has 2 rings (SSSR count). The van der Waals surface area contributed by atoms with Gasteiger partial charge in [0.1, 0.15) is 11.5 Å². The normalized spacial score (nSPS) is 10.1. The van der Waals surface area contributed by atoms with Gasteiger partial charge in [-0.05, 0) is 31.2 Å². The van der Waals surface area contributed by atoms with Gasteiger partial charge in [0, 0.05) is 11.8 Å². The summed E-state index contributed by atoms with van der Waals surface area (Å²) in [6.07, 6.45) is 0. The van der Waals surface area contributed by atoms with Crippen molar-refractivity contribution in [2.45, 2.75) is 6.92 Å². The van der Waals surface area contributed by atoms with Crippen molar-refractivity contribution < 1.29 is 14.6 Å². The number of ether oxygens (including phenoxy) is 1. The van der Waals surface area contributed by atoms with E-state index in [1.165, 1.54) is 13.2 Å². The lowest BCUT2D eigenvalue weighted by Crippen LogP contribution is -2.14. The summed E-state index contributed by atoms with van der Waals surface area (Å²) in [7, 11) is 1.51. The third kappa shape index (κ3) is 2.83. The molecule has 0 saturated heterocycles. The number of hydrogen-bond donors (Lipinski definition) is 3. The van der Waals surface area contributed by atoms with Crippen molar-refractivity contribution >= 4 is 17.3 Å². The SMILES string of the molecule is COc1ccc(O)c(NC(=O)c2cc(C)ccc2N)c1. The minimum atomic E-state index is -0.380. The number of nitrogen functional groups attached to an aromatic ring is 1. The molecule has 1 amide bonds. The highest BCUT2D eigenvalue weighted by Crippen LogP contribution is 2.28. The van der Waals surface area contributed by atoms with Crippen molar-refractivity contribution in [2.24, 2.45) is 0 Å². The fourth-order valence-corrected chi connectivity index (χ4v) is 1.80. The van der Waals surface area contributed by atoms with E-state index in [0.717, 1.165) is 5.56 Å². The third-order valence-electron chi connectivity index (χ3n) is 2.91. The van der Waals surface area contributed by atoms with Gasteiger partial charge >= 0.3 is 0 Å². The zero-order valence-corrected chi connectivity index (χ0v) is 11.3. The molecule has 0 unspecified atom stereocenters. The highest BCUT2D eigenvalue weighted by atomic mass is 16.5. The van der Waals surface area contributed by atoms with Gasteiger partial charge in [-0.3, -0.25) is 4.79 Å². The molecule has 0 heterocycles. The van der Waals surface area contributed by atoms with Crippen molar-refractivity contribution in [2.75, 3.05) is 18.2 Å². The lowest BCUT2D eigenvalue weighted by atomic mass is 10.1. The van der Waals surface area contributed by atoms with Crippen LogP contribution in [-0.4, -0.2) is 18.1 Å². The number of anilines is 2. The molecule has 2 aromatic carbocycles. The Hall–Kier alpha value is -2.69. The molecule has 5 heteroatoms. The molecule has 0 radical (unpaired) electrons. The first kappa shape index (κ1) is 13.7. The number of amides is 1. The van der Waals surface area contributed by atoms with Crippen LogP contribution in [0.1, 0.15) is 15.9 Å². The summed E-state index contributed by atoms with van der Waals surface area (Å²) < 4.78 is 5.05. The largest absolute Gasteiger partial charge is 0.506 e. The summed E-state index contributed by atoms with van der Waals surface area (Å²) >= 11 is 0. The zero-order valence-electron chi connectivity index (χ0n) is 11.3. The van der Waals surface area contributed by atoms with Crippen LogP contribution in [0.15, 0.2) is 36.4 Å². The number of nitrogens with one attached hydrogen (secondary N) is 1. The van der Waals surface area contributed by atoms with Crippen LogP contribution in [0.2, 0.25) is 0 Å². The second-order valence-corrected chi connectivity index (χ2v) is 4.43. The van der Waals surface area contributed by atoms with Crippen LogP contribution in [0.5, 0.6) is 11.5 Å². The molecule has 0 aliphatic heterocycles. The maximum atomic E-state index is 12.2. The predicted octanol–water partition coefficient (Wildman–Crippen LogP) is 2.54. The first-order valence-electron chi connectivity index (χ1n) is 6.05. The average molecular weight is 272 g/mol. The standard InChI is InChI=1S/C15H16N2O3/c1-9-3-5-12(16)11(7-9)15(19)17-13-8-10(20-2)4-6-14(13)18/h3-8,18H,16H2,1-2H3,(H,17,19). The monoisotopic (exact) mass is 272 g/mol. The molecule has 104 valence electrons. The van der Waals surface area contributed by atoms with Crippen molar-refractivity contribution in [3.05, 3.63) is 47.5 Å². The number of aromatic hydroxyl groups is 1. The van der Waals surface area contributed by atoms with Crippen LogP contribution in [0.3, 0.4) is 0 Å². The molecule has 20 heavy (non-hydrogen) atoms. The van der Waals surface area contributed by atoms with Crippen molar-refractivity contribution in [1.29, 1.82) is 0 Å². The lowest BCUT2D eigenvalue weighted by Gasteiger charge is -2.11. The van der Waals surface area contributed by atoms with Crippen LogP contribution in [0.25, 0.3) is 0 Å². The summed E-state index contributed by atoms with van der Waals surface area (Å²) in [4.78, 5) is 12.2. The topological polar surface area (TPSA) is 84.6 Å². The number of nitrogens with two attached hydrogens (primary N) is 1. The second-order valence-electron chi connectivity index (χ2n) is 4.43. The number of aryl methyl sites for hydroxylation is 1. The number of methoxy groups -OCH3 is 1. The van der Waals surface area contributed by atoms with Crippen LogP contribution in [0, 0.1) is 6.92 Å². The van der Waals surface area contributed by atoms with Gasteiger partial charge in [0.15, 0.2) is 0 Å². The van der Waals surface area contributed by atoms with Gasteiger partial charge in [-0.1, -0.05) is 11.6 Å². The molecule has 0 spiro atoms. The Kier molecular flexibility index (Phi) is 3.79. The predicted molar refractivity (Wildman–Crippen MR) is 78.2 cm³/mol. The van der Waals surface area contributed by atoms with Crippen molar-refractivity contribution in [3.8, 4) is 11.5 Å². The van der Waals surface area contributed by atoms with E-state index in [0.29, 0.717) is 17.0 Å². The van der Waals surface area contributed by atoms with E-state index >= 15 is 0 Å². The lowest BCUT2D eigenvalue weighted by molar-refractivity contribution is 0.102. The summed E-state index contributed by atoms with van der Waals surface area (Å²) in [5.74, 6) is 0.121. The molecular formula is C15H16N2O3. The summed E-state index contributed by atoms with van der Waals surface area (Å²) in [5.41, 5.74) is 7.75. The maximum absolute atomic E-state index is 12.2. The van der Waals surface area contributed by atoms with Crippen LogP contribution < -0.4 is 15.8 Å². The zero-order chi connectivity index (χ0) is 14.7. The molecule has 0 aliphatic rings. The molecule has 5 nitrogen and oxygen atoms in total. The minimum Gasteiger partial charge on any atom is -0.506 e. The first-order chi connectivity index (χ1) is 9.51. The van der Waals surface area contributed by atoms with E-state index < -0.39 is 0 Å². The fraction of sp³-hybridized carbons (Fsp3) is 0.133. The molecule has 2 aromatic rings. The van der Waals surface area contributed by atoms with E-state index in [1.54, 1.807) is 24.3 Å². The molecule has 0 bridgehead atoms. The molecule has 0 aromatic heterocycles. The number of phenols is 1. The smallest absolute Gasteiger partial charge is 0.257 e. The highest BCUT2D eigenvalue weighted by Gasteiger charge is 2.12. The molecule has 4 N–H and O–H groups in total. The average Bonchev–Trinajstić information content (AvgIpc) is 2.43. The Morgan fingerprint density at radius 2 is 2.00 bits per heavy atom. The summed E-state index contributed by atoms with van der Waals surface area (Å²) in [6.45, 7) is 1.87. The van der Waals surface area contributed by atoms with Crippen LogP contribution >= 0.6 is 0 Å². The number of benzene rings is 2. The Labute approximate surface area is 117 Å². The summed E-state index contributed by atoms with van der Waals surface area (Å²) in [5, 5.41) is 12.4. The molecule has 0 saturated carbocycles. The first-order valence-corrected chi connectivity index (χ1v) is 6.05. The molecular weight excluding hydrogens is 256 g/mol. The number of carbonyl (C=O) groups is 1. The highest BCUT2D eigenvalue weighted by molar-refractivity contribution is 6.08. The molecule has 0 atom stereocenters. The quantitative estimate of drug-likeness (QED) is 0.592. The Balaban J connectivity index is 2.30. The second kappa shape index (κ2) is 5.52. The Bertz CT molecular complexity index is 654. The van der Waals surface area contributed by atoms with E-state index in [4.69, 9.17) is 10.5 Å². The third-order valence-corrected chi connectivity index (χ3v) is 2.91. The molecule has 0 fully saturated rings. The number of hydrogen-bond acceptors (Lipinski definition) is 4. The Morgan fingerprint density at radius 3 is 2.70 bits per heavy atom. The van der Waals surface area contributed by atoms with Crippen LogP contribution in [0.4, 0.5) is 11.4 Å². The van der Waals surface area contributed by atoms with E-state index in [2.05, 4.69) is 5.32 Å². The van der Waals surface area contributed by atoms with Gasteiger partial charge in [0.2, 0.25) is 0 Å². The Morgan fingerprint density at radius 1 is 1.25 bits per heavy atom. The summed E-state index contributed by atoms with van der Waals surface area (Å²) in [6, 6.07) is 9.80. The van der Waals surface area contributed by atoms with Gasteiger partial charge < -0.3 is 20.9 Å². The number of phenolic OH excluding ortho intramolecular Hbond substituents is 1. The van der Waals surface area contributed by atoms with Gasteiger partial charge in [0.05, 0.1) is 18.4 Å². The van der Waals surface area contributed by atoms with Gasteiger partial charge in [-0.25, -0.2) is 0 Å². The maximum Gasteiger partial charge on any atom is 0.257 e. The minimum absolute atomic E-state index is 0.0367. The van der Waals surface area contributed by atoms with Gasteiger partial charge in [-0.2, -0.15) is 0 Å². The fourth-order valence-electron chi connectivity index (χ4n) is 1.80. The number of carbonyl (C=O) groups excluding carboxylic acids is 1. The van der Waals surface area contributed by atoms with E-state index in [-0.39, 0.29) is 17.3 Å². The van der Waals surface area contributed by atoms with Gasteiger partial charge in [0.25, 0.3) is 5.91 Å². The van der Waals surface area contributed by atoms with E-state index in [9.17, 15) is 9.90 Å². The van der Waals surface area contributed by atoms with Crippen LogP contribution in [-0.2, 0) is 0 Å². The van der Waals surface area contributed by atoms with Crippen molar-refractivity contribution in [1.82, 2.24) is 0 Å². The number of rotatable bonds is 3.